The number of hydrogen-bond acceptors (Lipinski definition) is 2. The third kappa shape index (κ3) is 2.06. The average molecular weight is 216 g/mol. The van der Waals surface area contributed by atoms with Gasteiger partial charge in [0.05, 0.1) is 17.2 Å². The summed E-state index contributed by atoms with van der Waals surface area (Å²) in [5.74, 6) is 0.491. The molecule has 0 N–H and O–H groups in total. The van der Waals surface area contributed by atoms with E-state index in [4.69, 9.17) is 33.2 Å². The Morgan fingerprint density at radius 1 is 1.46 bits per heavy atom. The van der Waals surface area contributed by atoms with E-state index in [1.807, 2.05) is 13.0 Å². The van der Waals surface area contributed by atoms with E-state index in [0.717, 1.165) is 0 Å². The van der Waals surface area contributed by atoms with Crippen LogP contribution in [0.15, 0.2) is 12.1 Å². The molecular formula is C9H7Cl2NO. The molecule has 0 bridgehead atoms. The maximum absolute atomic E-state index is 8.72. The second-order valence-electron chi connectivity index (χ2n) is 2.28. The molecule has 0 fully saturated rings. The molecule has 0 aliphatic rings. The standard InChI is InChI=1S/C9H7Cl2NO/c1-2-13-8-4-3-7(10)6(5-12)9(8)11/h3-4H,2H2,1H3. The Labute approximate surface area is 86.6 Å². The zero-order chi connectivity index (χ0) is 9.84. The first-order valence-corrected chi connectivity index (χ1v) is 4.47. The van der Waals surface area contributed by atoms with Crippen LogP contribution in [-0.2, 0) is 0 Å². The molecule has 68 valence electrons. The van der Waals surface area contributed by atoms with Crippen molar-refractivity contribution in [1.29, 1.82) is 5.26 Å². The lowest BCUT2D eigenvalue weighted by atomic mass is 10.2. The summed E-state index contributed by atoms with van der Waals surface area (Å²) in [5, 5.41) is 9.34. The van der Waals surface area contributed by atoms with Gasteiger partial charge in [0.2, 0.25) is 0 Å². The van der Waals surface area contributed by atoms with Crippen molar-refractivity contribution >= 4 is 23.2 Å². The summed E-state index contributed by atoms with van der Waals surface area (Å²) in [7, 11) is 0. The third-order valence-corrected chi connectivity index (χ3v) is 2.16. The van der Waals surface area contributed by atoms with Crippen LogP contribution in [0.25, 0.3) is 0 Å². The van der Waals surface area contributed by atoms with Gasteiger partial charge in [0, 0.05) is 0 Å². The van der Waals surface area contributed by atoms with E-state index in [-0.39, 0.29) is 10.6 Å². The Morgan fingerprint density at radius 3 is 2.69 bits per heavy atom. The first-order valence-electron chi connectivity index (χ1n) is 3.71. The van der Waals surface area contributed by atoms with Gasteiger partial charge in [-0.1, -0.05) is 23.2 Å². The second kappa shape index (κ2) is 4.36. The van der Waals surface area contributed by atoms with E-state index in [1.165, 1.54) is 0 Å². The van der Waals surface area contributed by atoms with E-state index in [0.29, 0.717) is 17.4 Å². The number of halogens is 2. The molecule has 0 saturated carbocycles. The monoisotopic (exact) mass is 215 g/mol. The van der Waals surface area contributed by atoms with Gasteiger partial charge in [0.15, 0.2) is 0 Å². The molecular weight excluding hydrogens is 209 g/mol. The van der Waals surface area contributed by atoms with Crippen LogP contribution in [0, 0.1) is 11.3 Å². The maximum atomic E-state index is 8.72. The molecule has 1 aromatic rings. The zero-order valence-electron chi connectivity index (χ0n) is 6.97. The highest BCUT2D eigenvalue weighted by Crippen LogP contribution is 2.32. The summed E-state index contributed by atoms with van der Waals surface area (Å²) < 4.78 is 5.19. The lowest BCUT2D eigenvalue weighted by Crippen LogP contribution is -1.93. The van der Waals surface area contributed by atoms with Crippen LogP contribution < -0.4 is 4.74 Å². The Balaban J connectivity index is 3.21. The van der Waals surface area contributed by atoms with Crippen LogP contribution in [0.5, 0.6) is 5.75 Å². The quantitative estimate of drug-likeness (QED) is 0.759. The molecule has 0 radical (unpaired) electrons. The smallest absolute Gasteiger partial charge is 0.139 e. The summed E-state index contributed by atoms with van der Waals surface area (Å²) in [6, 6.07) is 5.16. The Morgan fingerprint density at radius 2 is 2.15 bits per heavy atom. The summed E-state index contributed by atoms with van der Waals surface area (Å²) in [6.07, 6.45) is 0. The Hall–Kier alpha value is -0.910. The minimum atomic E-state index is 0.259. The van der Waals surface area contributed by atoms with Crippen molar-refractivity contribution in [3.8, 4) is 11.8 Å². The molecule has 0 aliphatic carbocycles. The van der Waals surface area contributed by atoms with Crippen LogP contribution in [0.1, 0.15) is 12.5 Å². The van der Waals surface area contributed by atoms with Crippen LogP contribution >= 0.6 is 23.2 Å². The molecule has 0 saturated heterocycles. The third-order valence-electron chi connectivity index (χ3n) is 1.47. The zero-order valence-corrected chi connectivity index (χ0v) is 8.49. The minimum Gasteiger partial charge on any atom is -0.492 e. The number of rotatable bonds is 2. The average Bonchev–Trinajstić information content (AvgIpc) is 2.11. The van der Waals surface area contributed by atoms with Crippen LogP contribution in [-0.4, -0.2) is 6.61 Å². The summed E-state index contributed by atoms with van der Waals surface area (Å²) in [4.78, 5) is 0. The summed E-state index contributed by atoms with van der Waals surface area (Å²) >= 11 is 11.6. The molecule has 0 unspecified atom stereocenters. The molecule has 4 heteroatoms. The molecule has 1 aromatic carbocycles. The number of benzene rings is 1. The highest BCUT2D eigenvalue weighted by molar-refractivity contribution is 6.37. The number of nitriles is 1. The first-order chi connectivity index (χ1) is 6.20. The Kier molecular flexibility index (Phi) is 3.41. The van der Waals surface area contributed by atoms with Crippen LogP contribution in [0.2, 0.25) is 10.0 Å². The van der Waals surface area contributed by atoms with E-state index >= 15 is 0 Å². The highest BCUT2D eigenvalue weighted by Gasteiger charge is 2.10. The van der Waals surface area contributed by atoms with Gasteiger partial charge in [0.1, 0.15) is 16.8 Å². The fourth-order valence-electron chi connectivity index (χ4n) is 0.903. The lowest BCUT2D eigenvalue weighted by molar-refractivity contribution is 0.340. The molecule has 13 heavy (non-hydrogen) atoms. The van der Waals surface area contributed by atoms with E-state index in [9.17, 15) is 0 Å². The normalized spacial score (nSPS) is 9.38. The molecule has 0 aromatic heterocycles. The van der Waals surface area contributed by atoms with E-state index in [1.54, 1.807) is 12.1 Å². The molecule has 1 rings (SSSR count). The van der Waals surface area contributed by atoms with Crippen LogP contribution in [0.3, 0.4) is 0 Å². The summed E-state index contributed by atoms with van der Waals surface area (Å²) in [6.45, 7) is 2.35. The van der Waals surface area contributed by atoms with Gasteiger partial charge in [-0.25, -0.2) is 0 Å². The molecule has 0 amide bonds. The van der Waals surface area contributed by atoms with Gasteiger partial charge in [-0.2, -0.15) is 5.26 Å². The van der Waals surface area contributed by atoms with Gasteiger partial charge in [-0.3, -0.25) is 0 Å². The molecule has 0 spiro atoms. The maximum Gasteiger partial charge on any atom is 0.139 e. The van der Waals surface area contributed by atoms with Crippen molar-refractivity contribution in [1.82, 2.24) is 0 Å². The van der Waals surface area contributed by atoms with Crippen molar-refractivity contribution < 1.29 is 4.74 Å². The van der Waals surface area contributed by atoms with Gasteiger partial charge >= 0.3 is 0 Å². The van der Waals surface area contributed by atoms with Gasteiger partial charge in [-0.15, -0.1) is 0 Å². The predicted octanol–water partition coefficient (Wildman–Crippen LogP) is 3.26. The predicted molar refractivity (Wildman–Crippen MR) is 52.3 cm³/mol. The topological polar surface area (TPSA) is 33.0 Å². The van der Waals surface area contributed by atoms with Crippen molar-refractivity contribution in [3.05, 3.63) is 27.7 Å². The van der Waals surface area contributed by atoms with Gasteiger partial charge < -0.3 is 4.74 Å². The van der Waals surface area contributed by atoms with Gasteiger partial charge in [0.25, 0.3) is 0 Å². The lowest BCUT2D eigenvalue weighted by Gasteiger charge is -2.06. The van der Waals surface area contributed by atoms with Crippen molar-refractivity contribution in [2.75, 3.05) is 6.61 Å². The van der Waals surface area contributed by atoms with Crippen molar-refractivity contribution in [2.24, 2.45) is 0 Å². The largest absolute Gasteiger partial charge is 0.492 e. The molecule has 2 nitrogen and oxygen atoms in total. The minimum absolute atomic E-state index is 0.259. The number of ether oxygens (including phenoxy) is 1. The number of nitrogens with zero attached hydrogens (tertiary/aromatic N) is 1. The molecule has 0 atom stereocenters. The fourth-order valence-corrected chi connectivity index (χ4v) is 1.41. The Bertz CT molecular complexity index is 357. The highest BCUT2D eigenvalue weighted by atomic mass is 35.5. The second-order valence-corrected chi connectivity index (χ2v) is 3.06. The number of hydrogen-bond donors (Lipinski definition) is 0. The molecule has 0 aliphatic heterocycles. The van der Waals surface area contributed by atoms with E-state index in [2.05, 4.69) is 0 Å². The van der Waals surface area contributed by atoms with Crippen molar-refractivity contribution in [3.63, 3.8) is 0 Å². The van der Waals surface area contributed by atoms with Crippen molar-refractivity contribution in [2.45, 2.75) is 6.92 Å². The summed E-state index contributed by atoms with van der Waals surface area (Å²) in [5.41, 5.74) is 0.259. The van der Waals surface area contributed by atoms with Gasteiger partial charge in [-0.05, 0) is 19.1 Å². The van der Waals surface area contributed by atoms with E-state index < -0.39 is 0 Å². The SMILES string of the molecule is CCOc1ccc(Cl)c(C#N)c1Cl. The first kappa shape index (κ1) is 10.2. The van der Waals surface area contributed by atoms with Crippen LogP contribution in [0.4, 0.5) is 0 Å². The fraction of sp³-hybridized carbons (Fsp3) is 0.222. The molecule has 0 heterocycles.